The van der Waals surface area contributed by atoms with Crippen LogP contribution in [0.2, 0.25) is 5.02 Å². The number of hydrogen-bond acceptors (Lipinski definition) is 3. The standard InChI is InChI=1S/C16H16ClN3O3/c17-10-6-11(19-7-10)14(21)18-3-4-20-15(22)12-8-1-2-9(5-8)13(12)16(20)23/h1-2,6-9,12-13,19H,3-5H2,(H,18,21). The van der Waals surface area contributed by atoms with E-state index in [1.807, 2.05) is 0 Å². The number of halogens is 1. The number of hydrogen-bond donors (Lipinski definition) is 2. The second kappa shape index (κ2) is 5.23. The van der Waals surface area contributed by atoms with E-state index in [9.17, 15) is 14.4 Å². The molecule has 1 saturated carbocycles. The fourth-order valence-electron chi connectivity index (χ4n) is 4.06. The number of aromatic nitrogens is 1. The predicted octanol–water partition coefficient (Wildman–Crippen LogP) is 1.20. The van der Waals surface area contributed by atoms with E-state index in [1.165, 1.54) is 17.2 Å². The highest BCUT2D eigenvalue weighted by Gasteiger charge is 2.58. The second-order valence-corrected chi connectivity index (χ2v) is 6.75. The number of amides is 3. The first kappa shape index (κ1) is 14.5. The van der Waals surface area contributed by atoms with Gasteiger partial charge in [-0.3, -0.25) is 19.3 Å². The zero-order chi connectivity index (χ0) is 16.1. The Labute approximate surface area is 137 Å². The van der Waals surface area contributed by atoms with Crippen molar-refractivity contribution in [2.45, 2.75) is 6.42 Å². The number of carbonyl (C=O) groups is 3. The highest BCUT2D eigenvalue weighted by Crippen LogP contribution is 2.52. The molecule has 2 fully saturated rings. The molecule has 2 aliphatic carbocycles. The van der Waals surface area contributed by atoms with Crippen molar-refractivity contribution in [1.29, 1.82) is 0 Å². The van der Waals surface area contributed by atoms with Gasteiger partial charge in [0, 0.05) is 19.3 Å². The van der Waals surface area contributed by atoms with E-state index in [-0.39, 0.29) is 54.5 Å². The van der Waals surface area contributed by atoms with Crippen molar-refractivity contribution in [3.63, 3.8) is 0 Å². The number of rotatable bonds is 4. The van der Waals surface area contributed by atoms with Crippen LogP contribution >= 0.6 is 11.6 Å². The molecular weight excluding hydrogens is 318 g/mol. The molecule has 23 heavy (non-hydrogen) atoms. The minimum Gasteiger partial charge on any atom is -0.356 e. The van der Waals surface area contributed by atoms with E-state index in [4.69, 9.17) is 11.6 Å². The summed E-state index contributed by atoms with van der Waals surface area (Å²) < 4.78 is 0. The molecule has 1 aliphatic heterocycles. The average Bonchev–Trinajstić information content (AvgIpc) is 3.27. The number of fused-ring (bicyclic) bond motifs is 5. The number of aromatic amines is 1. The van der Waals surface area contributed by atoms with Gasteiger partial charge in [0.25, 0.3) is 5.91 Å². The molecule has 1 aromatic heterocycles. The lowest BCUT2D eigenvalue weighted by molar-refractivity contribution is -0.140. The fraction of sp³-hybridized carbons (Fsp3) is 0.438. The van der Waals surface area contributed by atoms with Gasteiger partial charge >= 0.3 is 0 Å². The van der Waals surface area contributed by atoms with Crippen molar-refractivity contribution in [2.75, 3.05) is 13.1 Å². The lowest BCUT2D eigenvalue weighted by atomic mass is 9.85. The molecular formula is C16H16ClN3O3. The molecule has 1 aromatic rings. The Hall–Kier alpha value is -2.08. The van der Waals surface area contributed by atoms with Crippen LogP contribution in [0.1, 0.15) is 16.9 Å². The molecule has 1 saturated heterocycles. The van der Waals surface area contributed by atoms with Crippen molar-refractivity contribution >= 4 is 29.3 Å². The Balaban J connectivity index is 1.36. The van der Waals surface area contributed by atoms with Gasteiger partial charge in [-0.2, -0.15) is 0 Å². The topological polar surface area (TPSA) is 82.3 Å². The maximum atomic E-state index is 12.5. The van der Waals surface area contributed by atoms with Crippen molar-refractivity contribution in [1.82, 2.24) is 15.2 Å². The van der Waals surface area contributed by atoms with Crippen molar-refractivity contribution in [3.8, 4) is 0 Å². The number of H-pyrrole nitrogens is 1. The van der Waals surface area contributed by atoms with Crippen molar-refractivity contribution in [3.05, 3.63) is 35.1 Å². The molecule has 4 atom stereocenters. The Kier molecular flexibility index (Phi) is 3.30. The van der Waals surface area contributed by atoms with Gasteiger partial charge in [-0.05, 0) is 24.3 Å². The van der Waals surface area contributed by atoms with Gasteiger partial charge in [-0.15, -0.1) is 0 Å². The maximum absolute atomic E-state index is 12.5. The Bertz CT molecular complexity index is 696. The molecule has 2 heterocycles. The first-order valence-corrected chi connectivity index (χ1v) is 8.09. The fourth-order valence-corrected chi connectivity index (χ4v) is 4.22. The summed E-state index contributed by atoms with van der Waals surface area (Å²) in [6, 6.07) is 1.52. The molecule has 2 bridgehead atoms. The summed E-state index contributed by atoms with van der Waals surface area (Å²) in [6.45, 7) is 0.444. The van der Waals surface area contributed by atoms with Gasteiger partial charge in [0.05, 0.1) is 16.9 Å². The van der Waals surface area contributed by atoms with Crippen LogP contribution in [0.5, 0.6) is 0 Å². The van der Waals surface area contributed by atoms with E-state index < -0.39 is 0 Å². The number of likely N-dealkylation sites (tertiary alicyclic amines) is 1. The summed E-state index contributed by atoms with van der Waals surface area (Å²) in [5, 5.41) is 3.15. The van der Waals surface area contributed by atoms with Crippen LogP contribution in [0.25, 0.3) is 0 Å². The van der Waals surface area contributed by atoms with Gasteiger partial charge in [0.1, 0.15) is 5.69 Å². The first-order valence-electron chi connectivity index (χ1n) is 7.72. The molecule has 4 unspecified atom stereocenters. The summed E-state index contributed by atoms with van der Waals surface area (Å²) in [5.74, 6) is -0.434. The first-order chi connectivity index (χ1) is 11.1. The van der Waals surface area contributed by atoms with Gasteiger partial charge in [-0.25, -0.2) is 0 Å². The van der Waals surface area contributed by atoms with Gasteiger partial charge in [0.2, 0.25) is 11.8 Å². The zero-order valence-electron chi connectivity index (χ0n) is 12.3. The molecule has 0 aromatic carbocycles. The molecule has 6 nitrogen and oxygen atoms in total. The Morgan fingerprint density at radius 1 is 1.26 bits per heavy atom. The quantitative estimate of drug-likeness (QED) is 0.641. The van der Waals surface area contributed by atoms with E-state index in [1.54, 1.807) is 0 Å². The highest BCUT2D eigenvalue weighted by atomic mass is 35.5. The molecule has 0 spiro atoms. The summed E-state index contributed by atoms with van der Waals surface area (Å²) in [6.07, 6.45) is 6.58. The van der Waals surface area contributed by atoms with Gasteiger partial charge < -0.3 is 10.3 Å². The molecule has 4 rings (SSSR count). The van der Waals surface area contributed by atoms with Crippen molar-refractivity contribution < 1.29 is 14.4 Å². The largest absolute Gasteiger partial charge is 0.356 e. The lowest BCUT2D eigenvalue weighted by Crippen LogP contribution is -2.39. The summed E-state index contributed by atoms with van der Waals surface area (Å²) in [4.78, 5) is 40.9. The highest BCUT2D eigenvalue weighted by molar-refractivity contribution is 6.30. The SMILES string of the molecule is O=C(NCCN1C(=O)C2C3C=CC(C3)C2C1=O)c1cc(Cl)c[nH]1. The number of imide groups is 1. The van der Waals surface area contributed by atoms with Crippen LogP contribution < -0.4 is 5.32 Å². The molecule has 3 aliphatic rings. The van der Waals surface area contributed by atoms with Crippen molar-refractivity contribution in [2.24, 2.45) is 23.7 Å². The van der Waals surface area contributed by atoms with Crippen LogP contribution in [0, 0.1) is 23.7 Å². The summed E-state index contributed by atoms with van der Waals surface area (Å²) in [7, 11) is 0. The number of allylic oxidation sites excluding steroid dienone is 2. The summed E-state index contributed by atoms with van der Waals surface area (Å²) >= 11 is 5.75. The van der Waals surface area contributed by atoms with E-state index in [0.29, 0.717) is 10.7 Å². The molecule has 120 valence electrons. The predicted molar refractivity (Wildman–Crippen MR) is 82.6 cm³/mol. The number of carbonyl (C=O) groups excluding carboxylic acids is 3. The number of nitrogens with one attached hydrogen (secondary N) is 2. The normalized spacial score (nSPS) is 31.1. The van der Waals surface area contributed by atoms with Gasteiger partial charge in [0.15, 0.2) is 0 Å². The Morgan fingerprint density at radius 3 is 2.48 bits per heavy atom. The maximum Gasteiger partial charge on any atom is 0.267 e. The third kappa shape index (κ3) is 2.20. The third-order valence-electron chi connectivity index (χ3n) is 5.08. The van der Waals surface area contributed by atoms with Crippen LogP contribution in [0.4, 0.5) is 0 Å². The molecule has 3 amide bonds. The minimum atomic E-state index is -0.307. The van der Waals surface area contributed by atoms with E-state index in [2.05, 4.69) is 22.5 Å². The Morgan fingerprint density at radius 2 is 1.91 bits per heavy atom. The van der Waals surface area contributed by atoms with E-state index >= 15 is 0 Å². The smallest absolute Gasteiger partial charge is 0.267 e. The van der Waals surface area contributed by atoms with Gasteiger partial charge in [-0.1, -0.05) is 23.8 Å². The van der Waals surface area contributed by atoms with E-state index in [0.717, 1.165) is 6.42 Å². The monoisotopic (exact) mass is 333 g/mol. The second-order valence-electron chi connectivity index (χ2n) is 6.32. The zero-order valence-corrected chi connectivity index (χ0v) is 13.0. The average molecular weight is 334 g/mol. The van der Waals surface area contributed by atoms with Crippen LogP contribution in [-0.2, 0) is 9.59 Å². The third-order valence-corrected chi connectivity index (χ3v) is 5.29. The molecule has 7 heteroatoms. The van der Waals surface area contributed by atoms with Crippen LogP contribution in [-0.4, -0.2) is 40.7 Å². The van der Waals surface area contributed by atoms with Crippen LogP contribution in [0.3, 0.4) is 0 Å². The minimum absolute atomic E-state index is 0.0889. The lowest BCUT2D eigenvalue weighted by Gasteiger charge is -2.17. The molecule has 2 N–H and O–H groups in total. The number of nitrogens with zero attached hydrogens (tertiary/aromatic N) is 1. The van der Waals surface area contributed by atoms with Crippen LogP contribution in [0.15, 0.2) is 24.4 Å². The summed E-state index contributed by atoms with van der Waals surface area (Å²) in [5.41, 5.74) is 0.355. The molecule has 0 radical (unpaired) electrons.